The number of carbonyl (C=O) groups is 1. The lowest BCUT2D eigenvalue weighted by atomic mass is 10.2. The Bertz CT molecular complexity index is 897. The maximum atomic E-state index is 13.8. The third-order valence-corrected chi connectivity index (χ3v) is 5.60. The largest absolute Gasteiger partial charge is 0.372 e. The summed E-state index contributed by atoms with van der Waals surface area (Å²) in [5, 5.41) is 1.88. The quantitative estimate of drug-likeness (QED) is 0.820. The summed E-state index contributed by atoms with van der Waals surface area (Å²) in [6.45, 7) is 5.30. The molecule has 1 atom stereocenters. The first kappa shape index (κ1) is 19.4. The van der Waals surface area contributed by atoms with Gasteiger partial charge in [-0.2, -0.15) is 0 Å². The van der Waals surface area contributed by atoms with Gasteiger partial charge in [-0.25, -0.2) is 26.9 Å². The molecule has 0 saturated carbocycles. The van der Waals surface area contributed by atoms with Gasteiger partial charge in [-0.1, -0.05) is 0 Å². The van der Waals surface area contributed by atoms with Gasteiger partial charge in [0.25, 0.3) is 15.9 Å². The molecule has 0 spiro atoms. The number of carbonyl (C=O) groups excluding carboxylic acids is 1. The number of ether oxygens (including phenoxy) is 1. The number of halogens is 2. The molecule has 0 fully saturated rings. The molecule has 0 radical (unpaired) electrons. The van der Waals surface area contributed by atoms with Gasteiger partial charge in [-0.15, -0.1) is 11.3 Å². The van der Waals surface area contributed by atoms with Gasteiger partial charge in [0.1, 0.15) is 33.3 Å². The van der Waals surface area contributed by atoms with Crippen molar-refractivity contribution in [2.24, 2.45) is 0 Å². The third kappa shape index (κ3) is 4.39. The smallest absolute Gasteiger partial charge is 0.284 e. The SMILES string of the molecule is CCOC(C)c1nc(C(=O)NS(=O)(=O)c2cc(C)c(F)cc2F)cs1. The minimum absolute atomic E-state index is 0.0595. The Morgan fingerprint density at radius 1 is 1.36 bits per heavy atom. The van der Waals surface area contributed by atoms with Crippen LogP contribution in [0.25, 0.3) is 0 Å². The van der Waals surface area contributed by atoms with Crippen molar-refractivity contribution in [2.75, 3.05) is 6.61 Å². The lowest BCUT2D eigenvalue weighted by molar-refractivity contribution is 0.0760. The fourth-order valence-corrected chi connectivity index (χ4v) is 3.87. The molecule has 10 heteroatoms. The van der Waals surface area contributed by atoms with Gasteiger partial charge >= 0.3 is 0 Å². The number of hydrogen-bond donors (Lipinski definition) is 1. The molecule has 25 heavy (non-hydrogen) atoms. The van der Waals surface area contributed by atoms with Crippen molar-refractivity contribution in [3.05, 3.63) is 45.4 Å². The Kier molecular flexibility index (Phi) is 5.86. The van der Waals surface area contributed by atoms with Gasteiger partial charge in [0.05, 0.1) is 0 Å². The molecule has 1 aromatic carbocycles. The summed E-state index contributed by atoms with van der Waals surface area (Å²) in [6.07, 6.45) is -0.342. The van der Waals surface area contributed by atoms with Crippen LogP contribution in [0.1, 0.15) is 41.0 Å². The molecule has 2 aromatic rings. The van der Waals surface area contributed by atoms with Gasteiger partial charge < -0.3 is 4.74 Å². The molecular formula is C15H16F2N2O4S2. The molecule has 1 heterocycles. The molecule has 1 amide bonds. The van der Waals surface area contributed by atoms with Crippen LogP contribution in [-0.2, 0) is 14.8 Å². The van der Waals surface area contributed by atoms with Crippen molar-refractivity contribution in [3.8, 4) is 0 Å². The van der Waals surface area contributed by atoms with Crippen LogP contribution in [-0.4, -0.2) is 25.9 Å². The molecule has 0 aliphatic heterocycles. The number of thiazole rings is 1. The molecule has 1 unspecified atom stereocenters. The van der Waals surface area contributed by atoms with Crippen molar-refractivity contribution < 1.29 is 26.7 Å². The van der Waals surface area contributed by atoms with E-state index in [0.29, 0.717) is 17.7 Å². The number of aromatic nitrogens is 1. The highest BCUT2D eigenvalue weighted by Gasteiger charge is 2.25. The summed E-state index contributed by atoms with van der Waals surface area (Å²) in [6, 6.07) is 1.28. The minimum Gasteiger partial charge on any atom is -0.372 e. The minimum atomic E-state index is -4.51. The standard InChI is InChI=1S/C15H16F2N2O4S2/c1-4-23-9(3)15-18-12(7-24-15)14(20)19-25(21,22)13-5-8(2)10(16)6-11(13)17/h5-7,9H,4H2,1-3H3,(H,19,20). The molecule has 6 nitrogen and oxygen atoms in total. The van der Waals surface area contributed by atoms with Crippen molar-refractivity contribution in [3.63, 3.8) is 0 Å². The third-order valence-electron chi connectivity index (χ3n) is 3.25. The summed E-state index contributed by atoms with van der Waals surface area (Å²) in [4.78, 5) is 15.3. The molecule has 1 aromatic heterocycles. The number of rotatable bonds is 6. The summed E-state index contributed by atoms with van der Waals surface area (Å²) < 4.78 is 58.5. The summed E-state index contributed by atoms with van der Waals surface area (Å²) in [5.41, 5.74) is -0.190. The Morgan fingerprint density at radius 3 is 2.68 bits per heavy atom. The highest BCUT2D eigenvalue weighted by Crippen LogP contribution is 2.22. The molecule has 0 bridgehead atoms. The molecule has 0 saturated heterocycles. The Balaban J connectivity index is 2.24. The molecule has 1 N–H and O–H groups in total. The monoisotopic (exact) mass is 390 g/mol. The van der Waals surface area contributed by atoms with E-state index in [2.05, 4.69) is 4.98 Å². The van der Waals surface area contributed by atoms with Gasteiger partial charge in [-0.05, 0) is 32.4 Å². The lowest BCUT2D eigenvalue weighted by Gasteiger charge is -2.08. The van der Waals surface area contributed by atoms with E-state index in [1.165, 1.54) is 12.3 Å². The average Bonchev–Trinajstić information content (AvgIpc) is 3.00. The number of hydrogen-bond acceptors (Lipinski definition) is 6. The number of nitrogens with one attached hydrogen (secondary N) is 1. The van der Waals surface area contributed by atoms with Crippen molar-refractivity contribution in [1.82, 2.24) is 9.71 Å². The summed E-state index contributed by atoms with van der Waals surface area (Å²) in [7, 11) is -4.51. The maximum absolute atomic E-state index is 13.8. The van der Waals surface area contributed by atoms with Gasteiger partial charge in [0, 0.05) is 18.1 Å². The number of benzene rings is 1. The van der Waals surface area contributed by atoms with Gasteiger partial charge in [0.15, 0.2) is 0 Å². The van der Waals surface area contributed by atoms with Crippen LogP contribution >= 0.6 is 11.3 Å². The van der Waals surface area contributed by atoms with E-state index in [0.717, 1.165) is 17.4 Å². The Morgan fingerprint density at radius 2 is 2.04 bits per heavy atom. The van der Waals surface area contributed by atoms with E-state index >= 15 is 0 Å². The predicted molar refractivity (Wildman–Crippen MR) is 87.9 cm³/mol. The normalized spacial score (nSPS) is 12.8. The fourth-order valence-electron chi connectivity index (χ4n) is 1.97. The van der Waals surface area contributed by atoms with Crippen LogP contribution in [0.2, 0.25) is 0 Å². The molecule has 136 valence electrons. The second-order valence-electron chi connectivity index (χ2n) is 5.13. The molecule has 0 aliphatic rings. The van der Waals surface area contributed by atoms with E-state index in [-0.39, 0.29) is 17.4 Å². The van der Waals surface area contributed by atoms with Crippen molar-refractivity contribution >= 4 is 27.3 Å². The molecular weight excluding hydrogens is 374 g/mol. The zero-order chi connectivity index (χ0) is 18.8. The second-order valence-corrected chi connectivity index (χ2v) is 7.68. The van der Waals surface area contributed by atoms with Crippen LogP contribution in [0.15, 0.2) is 22.4 Å². The average molecular weight is 390 g/mol. The second kappa shape index (κ2) is 7.54. The Hall–Kier alpha value is -1.91. The number of aryl methyl sites for hydroxylation is 1. The van der Waals surface area contributed by atoms with E-state index in [9.17, 15) is 22.0 Å². The lowest BCUT2D eigenvalue weighted by Crippen LogP contribution is -2.31. The van der Waals surface area contributed by atoms with Crippen molar-refractivity contribution in [2.45, 2.75) is 31.8 Å². The summed E-state index contributed by atoms with van der Waals surface area (Å²) >= 11 is 1.14. The fraction of sp³-hybridized carbons (Fsp3) is 0.333. The number of sulfonamides is 1. The first-order valence-electron chi connectivity index (χ1n) is 7.25. The van der Waals surface area contributed by atoms with Crippen molar-refractivity contribution in [1.29, 1.82) is 0 Å². The first-order chi connectivity index (χ1) is 11.7. The predicted octanol–water partition coefficient (Wildman–Crippen LogP) is 2.95. The zero-order valence-electron chi connectivity index (χ0n) is 13.7. The van der Waals surface area contributed by atoms with E-state index in [4.69, 9.17) is 4.74 Å². The van der Waals surface area contributed by atoms with Crippen LogP contribution in [0.4, 0.5) is 8.78 Å². The van der Waals surface area contributed by atoms with Gasteiger partial charge in [0.2, 0.25) is 0 Å². The maximum Gasteiger partial charge on any atom is 0.284 e. The first-order valence-corrected chi connectivity index (χ1v) is 9.61. The topological polar surface area (TPSA) is 85.4 Å². The van der Waals surface area contributed by atoms with E-state index in [1.54, 1.807) is 11.6 Å². The number of nitrogens with zero attached hydrogens (tertiary/aromatic N) is 1. The van der Waals surface area contributed by atoms with E-state index < -0.39 is 32.5 Å². The van der Waals surface area contributed by atoms with Crippen LogP contribution in [0.5, 0.6) is 0 Å². The number of amides is 1. The van der Waals surface area contributed by atoms with Gasteiger partial charge in [-0.3, -0.25) is 4.79 Å². The molecule has 0 aliphatic carbocycles. The van der Waals surface area contributed by atoms with E-state index in [1.807, 2.05) is 6.92 Å². The summed E-state index contributed by atoms with van der Waals surface area (Å²) in [5.74, 6) is -3.17. The van der Waals surface area contributed by atoms with Crippen LogP contribution in [0.3, 0.4) is 0 Å². The van der Waals surface area contributed by atoms with Crippen LogP contribution in [0, 0.1) is 18.6 Å². The molecule has 2 rings (SSSR count). The van der Waals surface area contributed by atoms with Crippen LogP contribution < -0.4 is 4.72 Å². The highest BCUT2D eigenvalue weighted by atomic mass is 32.2. The zero-order valence-corrected chi connectivity index (χ0v) is 15.3. The Labute approximate surface area is 147 Å². The highest BCUT2D eigenvalue weighted by molar-refractivity contribution is 7.90.